The summed E-state index contributed by atoms with van der Waals surface area (Å²) >= 11 is 0. The number of aromatic nitrogens is 2. The minimum Gasteiger partial charge on any atom is -0.389 e. The predicted molar refractivity (Wildman–Crippen MR) is 93.0 cm³/mol. The molecule has 128 valence electrons. The van der Waals surface area contributed by atoms with Gasteiger partial charge in [0.25, 0.3) is 0 Å². The molecule has 2 fully saturated rings. The Labute approximate surface area is 139 Å². The molecule has 0 radical (unpaired) electrons. The van der Waals surface area contributed by atoms with E-state index in [0.29, 0.717) is 0 Å². The number of hydrogen-bond donors (Lipinski definition) is 1. The molecule has 1 aromatic heterocycles. The zero-order valence-corrected chi connectivity index (χ0v) is 14.4. The van der Waals surface area contributed by atoms with Crippen molar-refractivity contribution in [3.8, 4) is 0 Å². The van der Waals surface area contributed by atoms with Crippen LogP contribution in [0.15, 0.2) is 12.4 Å². The Hall–Kier alpha value is -1.40. The molecule has 1 N–H and O–H groups in total. The van der Waals surface area contributed by atoms with Crippen LogP contribution in [0.25, 0.3) is 0 Å². The lowest BCUT2D eigenvalue weighted by molar-refractivity contribution is -0.0271. The maximum absolute atomic E-state index is 10.7. The van der Waals surface area contributed by atoms with E-state index in [2.05, 4.69) is 19.8 Å². The first-order valence-corrected chi connectivity index (χ1v) is 8.75. The van der Waals surface area contributed by atoms with Crippen molar-refractivity contribution in [1.29, 1.82) is 0 Å². The summed E-state index contributed by atoms with van der Waals surface area (Å²) in [6.07, 6.45) is 7.19. The van der Waals surface area contributed by atoms with E-state index >= 15 is 0 Å². The van der Waals surface area contributed by atoms with Gasteiger partial charge in [0.15, 0.2) is 0 Å². The van der Waals surface area contributed by atoms with Gasteiger partial charge in [-0.1, -0.05) is 19.3 Å². The Morgan fingerprint density at radius 1 is 1.09 bits per heavy atom. The maximum atomic E-state index is 10.7. The van der Waals surface area contributed by atoms with Crippen LogP contribution >= 0.6 is 0 Å². The van der Waals surface area contributed by atoms with Crippen LogP contribution in [0.3, 0.4) is 0 Å². The number of hydrogen-bond acceptors (Lipinski definition) is 6. The van der Waals surface area contributed by atoms with Gasteiger partial charge >= 0.3 is 0 Å². The number of β-amino-alcohol motifs (C(OH)–C–C–N with tert-alkyl or cyclic N) is 1. The highest BCUT2D eigenvalue weighted by Crippen LogP contribution is 2.29. The van der Waals surface area contributed by atoms with Crippen LogP contribution in [-0.4, -0.2) is 72.4 Å². The number of aliphatic hydroxyl groups is 1. The first kappa shape index (κ1) is 16.5. The second-order valence-corrected chi connectivity index (χ2v) is 7.18. The average molecular weight is 319 g/mol. The number of piperazine rings is 1. The van der Waals surface area contributed by atoms with Gasteiger partial charge in [-0.25, -0.2) is 9.97 Å². The van der Waals surface area contributed by atoms with Crippen LogP contribution < -0.4 is 9.80 Å². The first-order valence-electron chi connectivity index (χ1n) is 8.75. The molecule has 6 nitrogen and oxygen atoms in total. The Morgan fingerprint density at radius 2 is 1.78 bits per heavy atom. The quantitative estimate of drug-likeness (QED) is 0.904. The van der Waals surface area contributed by atoms with Gasteiger partial charge in [-0.15, -0.1) is 0 Å². The fourth-order valence-corrected chi connectivity index (χ4v) is 3.67. The van der Waals surface area contributed by atoms with Crippen molar-refractivity contribution in [1.82, 2.24) is 14.9 Å². The van der Waals surface area contributed by atoms with Gasteiger partial charge in [-0.2, -0.15) is 0 Å². The van der Waals surface area contributed by atoms with Gasteiger partial charge in [0.05, 0.1) is 5.60 Å². The molecule has 2 aliphatic rings. The highest BCUT2D eigenvalue weighted by Gasteiger charge is 2.32. The molecule has 0 bridgehead atoms. The summed E-state index contributed by atoms with van der Waals surface area (Å²) in [5.41, 5.74) is -0.451. The molecular formula is C17H29N5O. The van der Waals surface area contributed by atoms with Crippen LogP contribution in [0.5, 0.6) is 0 Å². The van der Waals surface area contributed by atoms with Crippen LogP contribution in [0.1, 0.15) is 32.1 Å². The molecular weight excluding hydrogens is 290 g/mol. The normalized spacial score (nSPS) is 22.1. The average Bonchev–Trinajstić information content (AvgIpc) is 2.56. The molecule has 0 atom stereocenters. The van der Waals surface area contributed by atoms with Crippen molar-refractivity contribution in [3.05, 3.63) is 12.4 Å². The van der Waals surface area contributed by atoms with Gasteiger partial charge < -0.3 is 14.9 Å². The SMILES string of the molecule is CN(C)c1cc(N2CCN(CC3(O)CCCCC3)CC2)ncn1. The Balaban J connectivity index is 1.55. The monoisotopic (exact) mass is 319 g/mol. The second-order valence-electron chi connectivity index (χ2n) is 7.18. The Morgan fingerprint density at radius 3 is 2.43 bits per heavy atom. The van der Waals surface area contributed by atoms with Crippen molar-refractivity contribution in [3.63, 3.8) is 0 Å². The largest absolute Gasteiger partial charge is 0.389 e. The summed E-state index contributed by atoms with van der Waals surface area (Å²) in [4.78, 5) is 15.4. The predicted octanol–water partition coefficient (Wildman–Crippen LogP) is 1.36. The zero-order chi connectivity index (χ0) is 16.3. The van der Waals surface area contributed by atoms with E-state index in [1.807, 2.05) is 25.1 Å². The fraction of sp³-hybridized carbons (Fsp3) is 0.765. The van der Waals surface area contributed by atoms with E-state index in [0.717, 1.165) is 57.2 Å². The summed E-state index contributed by atoms with van der Waals surface area (Å²) in [5, 5.41) is 10.7. The van der Waals surface area contributed by atoms with Crippen LogP contribution in [0, 0.1) is 0 Å². The van der Waals surface area contributed by atoms with Crippen molar-refractivity contribution in [2.75, 3.05) is 56.6 Å². The number of rotatable bonds is 4. The van der Waals surface area contributed by atoms with Crippen LogP contribution in [0.2, 0.25) is 0 Å². The number of anilines is 2. The molecule has 6 heteroatoms. The lowest BCUT2D eigenvalue weighted by Crippen LogP contribution is -2.52. The molecule has 1 aliphatic heterocycles. The van der Waals surface area contributed by atoms with Crippen LogP contribution in [-0.2, 0) is 0 Å². The third-order valence-electron chi connectivity index (χ3n) is 5.09. The molecule has 1 aromatic rings. The summed E-state index contributed by atoms with van der Waals surface area (Å²) in [7, 11) is 3.99. The summed E-state index contributed by atoms with van der Waals surface area (Å²) in [6.45, 7) is 4.72. The minimum atomic E-state index is -0.451. The maximum Gasteiger partial charge on any atom is 0.134 e. The van der Waals surface area contributed by atoms with Gasteiger partial charge in [-0.3, -0.25) is 4.90 Å². The van der Waals surface area contributed by atoms with E-state index in [1.54, 1.807) is 6.33 Å². The minimum absolute atomic E-state index is 0.451. The van der Waals surface area contributed by atoms with Crippen molar-refractivity contribution >= 4 is 11.6 Å². The fourth-order valence-electron chi connectivity index (χ4n) is 3.67. The van der Waals surface area contributed by atoms with E-state index in [9.17, 15) is 5.11 Å². The molecule has 3 rings (SSSR count). The molecule has 23 heavy (non-hydrogen) atoms. The third kappa shape index (κ3) is 4.12. The molecule has 1 saturated carbocycles. The molecule has 0 unspecified atom stereocenters. The van der Waals surface area contributed by atoms with E-state index in [-0.39, 0.29) is 0 Å². The summed E-state index contributed by atoms with van der Waals surface area (Å²) in [6, 6.07) is 2.05. The summed E-state index contributed by atoms with van der Waals surface area (Å²) in [5.74, 6) is 1.94. The zero-order valence-electron chi connectivity index (χ0n) is 14.4. The number of nitrogens with zero attached hydrogens (tertiary/aromatic N) is 5. The topological polar surface area (TPSA) is 55.7 Å². The van der Waals surface area contributed by atoms with Crippen LogP contribution in [0.4, 0.5) is 11.6 Å². The van der Waals surface area contributed by atoms with Crippen molar-refractivity contribution < 1.29 is 5.11 Å². The first-order chi connectivity index (χ1) is 11.1. The molecule has 0 amide bonds. The summed E-state index contributed by atoms with van der Waals surface area (Å²) < 4.78 is 0. The molecule has 0 spiro atoms. The van der Waals surface area contributed by atoms with Gasteiger partial charge in [0, 0.05) is 52.9 Å². The molecule has 2 heterocycles. The lowest BCUT2D eigenvalue weighted by atomic mass is 9.84. The van der Waals surface area contributed by atoms with E-state index in [4.69, 9.17) is 0 Å². The highest BCUT2D eigenvalue weighted by atomic mass is 16.3. The second kappa shape index (κ2) is 7.01. The molecule has 1 aliphatic carbocycles. The smallest absolute Gasteiger partial charge is 0.134 e. The van der Waals surface area contributed by atoms with Gasteiger partial charge in [-0.05, 0) is 12.8 Å². The van der Waals surface area contributed by atoms with Gasteiger partial charge in [0.2, 0.25) is 0 Å². The molecule has 1 saturated heterocycles. The standard InChI is InChI=1S/C17H29N5O/c1-20(2)15-12-16(19-14-18-15)22-10-8-21(9-11-22)13-17(23)6-4-3-5-7-17/h12,14,23H,3-11,13H2,1-2H3. The van der Waals surface area contributed by atoms with Gasteiger partial charge in [0.1, 0.15) is 18.0 Å². The lowest BCUT2D eigenvalue weighted by Gasteiger charge is -2.41. The van der Waals surface area contributed by atoms with E-state index < -0.39 is 5.60 Å². The van der Waals surface area contributed by atoms with E-state index in [1.165, 1.54) is 19.3 Å². The van der Waals surface area contributed by atoms with Crippen molar-refractivity contribution in [2.45, 2.75) is 37.7 Å². The Kier molecular flexibility index (Phi) is 5.02. The molecule has 0 aromatic carbocycles. The highest BCUT2D eigenvalue weighted by molar-refractivity contribution is 5.49. The van der Waals surface area contributed by atoms with Crippen molar-refractivity contribution in [2.24, 2.45) is 0 Å². The Bertz CT molecular complexity index is 507. The third-order valence-corrected chi connectivity index (χ3v) is 5.09.